The minimum atomic E-state index is -0.512. The van der Waals surface area contributed by atoms with Gasteiger partial charge in [-0.25, -0.2) is 4.39 Å². The largest absolute Gasteiger partial charge is 0.496 e. The number of hydrogen-bond acceptors (Lipinski definition) is 4. The van der Waals surface area contributed by atoms with Gasteiger partial charge in [0.15, 0.2) is 11.5 Å². The number of hydrogen-bond donors (Lipinski definition) is 1. The van der Waals surface area contributed by atoms with E-state index in [-0.39, 0.29) is 5.56 Å². The highest BCUT2D eigenvalue weighted by atomic mass is 19.1. The molecule has 1 N–H and O–H groups in total. The van der Waals surface area contributed by atoms with Crippen LogP contribution in [0.5, 0.6) is 23.0 Å². The molecule has 0 aliphatic carbocycles. The molecule has 0 atom stereocenters. The molecule has 6 heteroatoms. The highest BCUT2D eigenvalue weighted by molar-refractivity contribution is 6.06. The number of amides is 1. The standard InChI is InChI=1S/C21H18FNO4/c1-25-18-12-7-14(22)13-17(18)21(24)23-15-8-10-16(11-9-15)27-20-6-4-3-5-19(20)26-2/h3-13H,1-2H3,(H,23,24). The van der Waals surface area contributed by atoms with Crippen molar-refractivity contribution in [3.8, 4) is 23.0 Å². The highest BCUT2D eigenvalue weighted by Gasteiger charge is 2.14. The van der Waals surface area contributed by atoms with Gasteiger partial charge in [-0.15, -0.1) is 0 Å². The highest BCUT2D eigenvalue weighted by Crippen LogP contribution is 2.31. The minimum Gasteiger partial charge on any atom is -0.496 e. The third-order valence-corrected chi connectivity index (χ3v) is 3.82. The molecule has 138 valence electrons. The molecule has 0 unspecified atom stereocenters. The molecule has 0 bridgehead atoms. The van der Waals surface area contributed by atoms with Gasteiger partial charge in [-0.05, 0) is 54.6 Å². The van der Waals surface area contributed by atoms with Gasteiger partial charge in [-0.3, -0.25) is 4.79 Å². The van der Waals surface area contributed by atoms with Crippen molar-refractivity contribution in [2.75, 3.05) is 19.5 Å². The van der Waals surface area contributed by atoms with Crippen LogP contribution in [0.1, 0.15) is 10.4 Å². The van der Waals surface area contributed by atoms with Gasteiger partial charge in [0.1, 0.15) is 17.3 Å². The zero-order chi connectivity index (χ0) is 19.2. The lowest BCUT2D eigenvalue weighted by molar-refractivity contribution is 0.102. The van der Waals surface area contributed by atoms with E-state index in [0.29, 0.717) is 28.7 Å². The van der Waals surface area contributed by atoms with E-state index in [1.165, 1.54) is 19.2 Å². The van der Waals surface area contributed by atoms with E-state index in [4.69, 9.17) is 14.2 Å². The Kier molecular flexibility index (Phi) is 5.56. The van der Waals surface area contributed by atoms with Crippen molar-refractivity contribution in [3.05, 3.63) is 78.1 Å². The summed E-state index contributed by atoms with van der Waals surface area (Å²) in [5.74, 6) is 1.10. The van der Waals surface area contributed by atoms with Crippen LogP contribution in [0.3, 0.4) is 0 Å². The molecule has 0 aliphatic rings. The second-order valence-corrected chi connectivity index (χ2v) is 5.58. The van der Waals surface area contributed by atoms with Crippen LogP contribution in [-0.4, -0.2) is 20.1 Å². The van der Waals surface area contributed by atoms with E-state index in [9.17, 15) is 9.18 Å². The lowest BCUT2D eigenvalue weighted by Crippen LogP contribution is -2.13. The molecule has 3 aromatic carbocycles. The zero-order valence-corrected chi connectivity index (χ0v) is 14.9. The van der Waals surface area contributed by atoms with Gasteiger partial charge in [-0.1, -0.05) is 12.1 Å². The summed E-state index contributed by atoms with van der Waals surface area (Å²) >= 11 is 0. The first-order valence-electron chi connectivity index (χ1n) is 8.16. The summed E-state index contributed by atoms with van der Waals surface area (Å²) in [5, 5.41) is 2.71. The van der Waals surface area contributed by atoms with Gasteiger partial charge >= 0.3 is 0 Å². The first-order valence-corrected chi connectivity index (χ1v) is 8.16. The Balaban J connectivity index is 1.72. The average Bonchev–Trinajstić information content (AvgIpc) is 2.69. The van der Waals surface area contributed by atoms with Crippen molar-refractivity contribution in [2.24, 2.45) is 0 Å². The molecule has 0 spiro atoms. The molecule has 0 fully saturated rings. The molecule has 5 nitrogen and oxygen atoms in total. The first-order chi connectivity index (χ1) is 13.1. The number of methoxy groups -OCH3 is 2. The van der Waals surface area contributed by atoms with Crippen LogP contribution >= 0.6 is 0 Å². The Morgan fingerprint density at radius 3 is 2.19 bits per heavy atom. The van der Waals surface area contributed by atoms with Crippen molar-refractivity contribution in [3.63, 3.8) is 0 Å². The molecule has 0 heterocycles. The Morgan fingerprint density at radius 2 is 1.52 bits per heavy atom. The average molecular weight is 367 g/mol. The Bertz CT molecular complexity index is 941. The molecule has 3 aromatic rings. The predicted molar refractivity (Wildman–Crippen MR) is 100 cm³/mol. The summed E-state index contributed by atoms with van der Waals surface area (Å²) in [6.07, 6.45) is 0. The number of para-hydroxylation sites is 2. The topological polar surface area (TPSA) is 56.8 Å². The lowest BCUT2D eigenvalue weighted by Gasteiger charge is -2.11. The number of nitrogens with one attached hydrogen (secondary N) is 1. The number of ether oxygens (including phenoxy) is 3. The number of carbonyl (C=O) groups is 1. The van der Waals surface area contributed by atoms with E-state index in [2.05, 4.69) is 5.32 Å². The van der Waals surface area contributed by atoms with Crippen molar-refractivity contribution >= 4 is 11.6 Å². The fraction of sp³-hybridized carbons (Fsp3) is 0.0952. The molecule has 3 rings (SSSR count). The third-order valence-electron chi connectivity index (χ3n) is 3.82. The first kappa shape index (κ1) is 18.3. The van der Waals surface area contributed by atoms with Crippen LogP contribution in [0.2, 0.25) is 0 Å². The van der Waals surface area contributed by atoms with Gasteiger partial charge in [0.05, 0.1) is 19.8 Å². The smallest absolute Gasteiger partial charge is 0.259 e. The Morgan fingerprint density at radius 1 is 0.852 bits per heavy atom. The summed E-state index contributed by atoms with van der Waals surface area (Å²) in [6.45, 7) is 0. The van der Waals surface area contributed by atoms with E-state index in [1.807, 2.05) is 12.1 Å². The van der Waals surface area contributed by atoms with Crippen molar-refractivity contribution in [2.45, 2.75) is 0 Å². The van der Waals surface area contributed by atoms with Gasteiger partial charge in [0.2, 0.25) is 0 Å². The van der Waals surface area contributed by atoms with E-state index in [1.54, 1.807) is 43.5 Å². The normalized spacial score (nSPS) is 10.2. The Labute approximate surface area is 156 Å². The van der Waals surface area contributed by atoms with Crippen LogP contribution in [0.4, 0.5) is 10.1 Å². The van der Waals surface area contributed by atoms with Gasteiger partial charge in [0, 0.05) is 5.69 Å². The van der Waals surface area contributed by atoms with Crippen molar-refractivity contribution < 1.29 is 23.4 Å². The molecule has 1 amide bonds. The van der Waals surface area contributed by atoms with Gasteiger partial charge in [-0.2, -0.15) is 0 Å². The fourth-order valence-electron chi connectivity index (χ4n) is 2.49. The van der Waals surface area contributed by atoms with Crippen LogP contribution in [0.25, 0.3) is 0 Å². The number of halogens is 1. The van der Waals surface area contributed by atoms with E-state index in [0.717, 1.165) is 6.07 Å². The molecule has 0 radical (unpaired) electrons. The summed E-state index contributed by atoms with van der Waals surface area (Å²) in [7, 11) is 3.00. The van der Waals surface area contributed by atoms with Crippen molar-refractivity contribution in [1.29, 1.82) is 0 Å². The second kappa shape index (κ2) is 8.23. The summed E-state index contributed by atoms with van der Waals surface area (Å²) < 4.78 is 29.6. The maximum absolute atomic E-state index is 13.4. The monoisotopic (exact) mass is 367 g/mol. The number of benzene rings is 3. The van der Waals surface area contributed by atoms with Crippen molar-refractivity contribution in [1.82, 2.24) is 0 Å². The maximum atomic E-state index is 13.4. The molecule has 0 saturated carbocycles. The van der Waals surface area contributed by atoms with Crippen LogP contribution in [0.15, 0.2) is 66.7 Å². The SMILES string of the molecule is COc1ccccc1Oc1ccc(NC(=O)c2cc(F)ccc2OC)cc1. The van der Waals surface area contributed by atoms with Crippen LogP contribution in [0, 0.1) is 5.82 Å². The predicted octanol–water partition coefficient (Wildman–Crippen LogP) is 4.89. The maximum Gasteiger partial charge on any atom is 0.259 e. The number of anilines is 1. The van der Waals surface area contributed by atoms with Crippen LogP contribution in [-0.2, 0) is 0 Å². The summed E-state index contributed by atoms with van der Waals surface area (Å²) in [5.41, 5.74) is 0.658. The fourth-order valence-corrected chi connectivity index (χ4v) is 2.49. The van der Waals surface area contributed by atoms with Gasteiger partial charge < -0.3 is 19.5 Å². The Hall–Kier alpha value is -3.54. The molecule has 27 heavy (non-hydrogen) atoms. The molecular formula is C21H18FNO4. The van der Waals surface area contributed by atoms with Gasteiger partial charge in [0.25, 0.3) is 5.91 Å². The quantitative estimate of drug-likeness (QED) is 0.674. The lowest BCUT2D eigenvalue weighted by atomic mass is 10.1. The molecule has 0 aromatic heterocycles. The van der Waals surface area contributed by atoms with Crippen LogP contribution < -0.4 is 19.5 Å². The molecular weight excluding hydrogens is 349 g/mol. The van der Waals surface area contributed by atoms with E-state index < -0.39 is 11.7 Å². The minimum absolute atomic E-state index is 0.117. The molecule has 0 saturated heterocycles. The summed E-state index contributed by atoms with van der Waals surface area (Å²) in [4.78, 5) is 12.4. The second-order valence-electron chi connectivity index (χ2n) is 5.58. The molecule has 0 aliphatic heterocycles. The summed E-state index contributed by atoms with van der Waals surface area (Å²) in [6, 6.07) is 17.9. The zero-order valence-electron chi connectivity index (χ0n) is 14.9. The number of rotatable bonds is 6. The van der Waals surface area contributed by atoms with E-state index >= 15 is 0 Å². The number of carbonyl (C=O) groups excluding carboxylic acids is 1. The third kappa shape index (κ3) is 4.36.